The molecule has 0 bridgehead atoms. The zero-order valence-corrected chi connectivity index (χ0v) is 17.9. The molecule has 1 aliphatic heterocycles. The van der Waals surface area contributed by atoms with Crippen molar-refractivity contribution < 1.29 is 9.53 Å². The Morgan fingerprint density at radius 2 is 2.00 bits per heavy atom. The van der Waals surface area contributed by atoms with E-state index in [-0.39, 0.29) is 11.7 Å². The van der Waals surface area contributed by atoms with Crippen LogP contribution < -0.4 is 10.2 Å². The summed E-state index contributed by atoms with van der Waals surface area (Å²) < 4.78 is 7.25. The van der Waals surface area contributed by atoms with Crippen LogP contribution in [-0.4, -0.2) is 57.7 Å². The van der Waals surface area contributed by atoms with E-state index in [0.717, 1.165) is 24.6 Å². The van der Waals surface area contributed by atoms with Crippen molar-refractivity contribution in [1.29, 1.82) is 0 Å². The molecule has 0 saturated carbocycles. The fourth-order valence-corrected chi connectivity index (χ4v) is 3.87. The summed E-state index contributed by atoms with van der Waals surface area (Å²) in [7, 11) is 0. The SMILES string of the molecule is Cc1ccc(-n2cnnc2SCC(=O)Nc2ccc(N3CCOCC3)nc2)cc1C. The minimum Gasteiger partial charge on any atom is -0.378 e. The number of rotatable bonds is 6. The van der Waals surface area contributed by atoms with Gasteiger partial charge in [-0.1, -0.05) is 17.8 Å². The fraction of sp³-hybridized carbons (Fsp3) is 0.333. The lowest BCUT2D eigenvalue weighted by atomic mass is 10.1. The summed E-state index contributed by atoms with van der Waals surface area (Å²) in [5, 5.41) is 11.7. The molecule has 8 nitrogen and oxygen atoms in total. The normalized spacial score (nSPS) is 14.0. The van der Waals surface area contributed by atoms with Crippen LogP contribution in [0.4, 0.5) is 11.5 Å². The highest BCUT2D eigenvalue weighted by Gasteiger charge is 2.13. The number of pyridine rings is 1. The van der Waals surface area contributed by atoms with E-state index in [1.54, 1.807) is 12.5 Å². The molecule has 2 aromatic heterocycles. The average molecular weight is 425 g/mol. The number of aryl methyl sites for hydroxylation is 2. The van der Waals surface area contributed by atoms with Crippen molar-refractivity contribution in [2.75, 3.05) is 42.3 Å². The van der Waals surface area contributed by atoms with Crippen molar-refractivity contribution in [2.24, 2.45) is 0 Å². The van der Waals surface area contributed by atoms with Crippen LogP contribution in [0.5, 0.6) is 0 Å². The third-order valence-corrected chi connectivity index (χ3v) is 5.93. The number of morpholine rings is 1. The highest BCUT2D eigenvalue weighted by molar-refractivity contribution is 7.99. The van der Waals surface area contributed by atoms with Gasteiger partial charge in [0.15, 0.2) is 5.16 Å². The van der Waals surface area contributed by atoms with Gasteiger partial charge in [-0.3, -0.25) is 9.36 Å². The minimum absolute atomic E-state index is 0.115. The highest BCUT2D eigenvalue weighted by atomic mass is 32.2. The number of benzene rings is 1. The molecule has 0 atom stereocenters. The standard InChI is InChI=1S/C21H24N6O2S/c1-15-3-5-18(11-16(15)2)27-14-23-25-21(27)30-13-20(28)24-17-4-6-19(22-12-17)26-7-9-29-10-8-26/h3-6,11-12,14H,7-10,13H2,1-2H3,(H,24,28). The number of aromatic nitrogens is 4. The Bertz CT molecular complexity index is 1010. The summed E-state index contributed by atoms with van der Waals surface area (Å²) in [6, 6.07) is 9.98. The second-order valence-corrected chi connectivity index (χ2v) is 8.04. The first kappa shape index (κ1) is 20.4. The number of thioether (sulfide) groups is 1. The van der Waals surface area contributed by atoms with Gasteiger partial charge in [-0.2, -0.15) is 0 Å². The van der Waals surface area contributed by atoms with Gasteiger partial charge < -0.3 is 15.0 Å². The Morgan fingerprint density at radius 1 is 1.17 bits per heavy atom. The quantitative estimate of drug-likeness (QED) is 0.609. The van der Waals surface area contributed by atoms with Crippen molar-refractivity contribution in [3.8, 4) is 5.69 Å². The maximum absolute atomic E-state index is 12.4. The molecule has 9 heteroatoms. The van der Waals surface area contributed by atoms with Crippen LogP contribution in [0, 0.1) is 13.8 Å². The van der Waals surface area contributed by atoms with E-state index < -0.39 is 0 Å². The van der Waals surface area contributed by atoms with Crippen LogP contribution >= 0.6 is 11.8 Å². The lowest BCUT2D eigenvalue weighted by Gasteiger charge is -2.27. The van der Waals surface area contributed by atoms with E-state index in [4.69, 9.17) is 4.74 Å². The Balaban J connectivity index is 1.34. The van der Waals surface area contributed by atoms with Gasteiger partial charge in [0.1, 0.15) is 12.1 Å². The molecule has 1 N–H and O–H groups in total. The third kappa shape index (κ3) is 4.80. The molecule has 1 aliphatic rings. The van der Waals surface area contributed by atoms with Crippen LogP contribution in [0.25, 0.3) is 5.69 Å². The van der Waals surface area contributed by atoms with Crippen LogP contribution in [0.15, 0.2) is 48.0 Å². The van der Waals surface area contributed by atoms with Crippen molar-refractivity contribution in [1.82, 2.24) is 19.7 Å². The van der Waals surface area contributed by atoms with Crippen LogP contribution in [0.2, 0.25) is 0 Å². The van der Waals surface area contributed by atoms with E-state index in [9.17, 15) is 4.79 Å². The van der Waals surface area contributed by atoms with Crippen molar-refractivity contribution in [3.05, 3.63) is 54.0 Å². The average Bonchev–Trinajstić information content (AvgIpc) is 3.24. The Morgan fingerprint density at radius 3 is 2.73 bits per heavy atom. The smallest absolute Gasteiger partial charge is 0.234 e. The molecular formula is C21H24N6O2S. The van der Waals surface area contributed by atoms with Gasteiger partial charge in [0, 0.05) is 18.8 Å². The van der Waals surface area contributed by atoms with Gasteiger partial charge in [-0.05, 0) is 49.2 Å². The number of hydrogen-bond donors (Lipinski definition) is 1. The number of carbonyl (C=O) groups is 1. The van der Waals surface area contributed by atoms with Crippen molar-refractivity contribution in [2.45, 2.75) is 19.0 Å². The Hall–Kier alpha value is -2.91. The number of carbonyl (C=O) groups excluding carboxylic acids is 1. The molecule has 0 spiro atoms. The molecule has 4 rings (SSSR count). The fourth-order valence-electron chi connectivity index (χ4n) is 3.14. The predicted octanol–water partition coefficient (Wildman–Crippen LogP) is 2.85. The largest absolute Gasteiger partial charge is 0.378 e. The zero-order valence-electron chi connectivity index (χ0n) is 17.0. The first-order chi connectivity index (χ1) is 14.6. The Labute approximate surface area is 179 Å². The first-order valence-electron chi connectivity index (χ1n) is 9.79. The zero-order chi connectivity index (χ0) is 20.9. The Kier molecular flexibility index (Phi) is 6.29. The van der Waals surface area contributed by atoms with Gasteiger partial charge in [-0.15, -0.1) is 10.2 Å². The summed E-state index contributed by atoms with van der Waals surface area (Å²) in [5.74, 6) is 1.01. The van der Waals surface area contributed by atoms with E-state index in [1.807, 2.05) is 22.8 Å². The summed E-state index contributed by atoms with van der Waals surface area (Å²) in [5.41, 5.74) is 4.08. The van der Waals surface area contributed by atoms with Crippen LogP contribution in [0.1, 0.15) is 11.1 Å². The van der Waals surface area contributed by atoms with Crippen molar-refractivity contribution >= 4 is 29.2 Å². The summed E-state index contributed by atoms with van der Waals surface area (Å²) >= 11 is 1.35. The van der Waals surface area contributed by atoms with E-state index in [2.05, 4.69) is 51.4 Å². The van der Waals surface area contributed by atoms with E-state index in [0.29, 0.717) is 24.1 Å². The maximum Gasteiger partial charge on any atom is 0.234 e. The van der Waals surface area contributed by atoms with Gasteiger partial charge >= 0.3 is 0 Å². The second kappa shape index (κ2) is 9.27. The lowest BCUT2D eigenvalue weighted by Crippen LogP contribution is -2.36. The molecule has 30 heavy (non-hydrogen) atoms. The third-order valence-electron chi connectivity index (χ3n) is 4.98. The molecule has 156 valence electrons. The topological polar surface area (TPSA) is 85.2 Å². The van der Waals surface area contributed by atoms with E-state index >= 15 is 0 Å². The number of hydrogen-bond acceptors (Lipinski definition) is 7. The molecule has 0 aliphatic carbocycles. The molecule has 1 amide bonds. The van der Waals surface area contributed by atoms with Crippen molar-refractivity contribution in [3.63, 3.8) is 0 Å². The molecule has 1 aromatic carbocycles. The van der Waals surface area contributed by atoms with Crippen LogP contribution in [0.3, 0.4) is 0 Å². The molecular weight excluding hydrogens is 400 g/mol. The van der Waals surface area contributed by atoms with Gasteiger partial charge in [0.05, 0.1) is 30.9 Å². The number of amides is 1. The molecule has 0 radical (unpaired) electrons. The van der Waals surface area contributed by atoms with Crippen LogP contribution in [-0.2, 0) is 9.53 Å². The lowest BCUT2D eigenvalue weighted by molar-refractivity contribution is -0.113. The predicted molar refractivity (Wildman–Crippen MR) is 117 cm³/mol. The number of nitrogens with zero attached hydrogens (tertiary/aromatic N) is 5. The summed E-state index contributed by atoms with van der Waals surface area (Å²) in [6.07, 6.45) is 3.35. The molecule has 0 unspecified atom stereocenters. The summed E-state index contributed by atoms with van der Waals surface area (Å²) in [4.78, 5) is 19.0. The molecule has 3 heterocycles. The summed E-state index contributed by atoms with van der Waals surface area (Å²) in [6.45, 7) is 7.23. The molecule has 3 aromatic rings. The van der Waals surface area contributed by atoms with Gasteiger partial charge in [-0.25, -0.2) is 4.98 Å². The van der Waals surface area contributed by atoms with Gasteiger partial charge in [0.25, 0.3) is 0 Å². The molecule has 1 fully saturated rings. The molecule has 1 saturated heterocycles. The monoisotopic (exact) mass is 424 g/mol. The number of anilines is 2. The number of nitrogens with one attached hydrogen (secondary N) is 1. The first-order valence-corrected chi connectivity index (χ1v) is 10.8. The minimum atomic E-state index is -0.115. The second-order valence-electron chi connectivity index (χ2n) is 7.09. The number of ether oxygens (including phenoxy) is 1. The van der Waals surface area contributed by atoms with E-state index in [1.165, 1.54) is 22.9 Å². The maximum atomic E-state index is 12.4. The highest BCUT2D eigenvalue weighted by Crippen LogP contribution is 2.22. The van der Waals surface area contributed by atoms with Gasteiger partial charge in [0.2, 0.25) is 5.91 Å².